The van der Waals surface area contributed by atoms with E-state index in [-0.39, 0.29) is 43.7 Å². The van der Waals surface area contributed by atoms with Crippen LogP contribution in [0.25, 0.3) is 0 Å². The van der Waals surface area contributed by atoms with Gasteiger partial charge in [0.25, 0.3) is 5.56 Å². The Morgan fingerprint density at radius 3 is 2.44 bits per heavy atom. The molecule has 1 amide bonds. The van der Waals surface area contributed by atoms with Gasteiger partial charge in [-0.05, 0) is 30.7 Å². The third-order valence-corrected chi connectivity index (χ3v) is 5.59. The van der Waals surface area contributed by atoms with Crippen LogP contribution in [0.1, 0.15) is 16.7 Å². The summed E-state index contributed by atoms with van der Waals surface area (Å²) in [4.78, 5) is 44.1. The SMILES string of the molecule is COCCN(C(=O)CN(C)Cc1ccccc1C)c1c(N)n(Cc2ccccc2)c(=O)[nH]c1=O. The zero-order chi connectivity index (χ0) is 24.7. The molecule has 180 valence electrons. The van der Waals surface area contributed by atoms with Crippen molar-refractivity contribution in [3.8, 4) is 0 Å². The van der Waals surface area contributed by atoms with E-state index in [1.165, 1.54) is 16.6 Å². The number of nitrogen functional groups attached to an aromatic ring is 1. The topological polar surface area (TPSA) is 114 Å². The maximum atomic E-state index is 13.3. The molecule has 9 heteroatoms. The summed E-state index contributed by atoms with van der Waals surface area (Å²) in [6.07, 6.45) is 0. The number of aromatic amines is 1. The van der Waals surface area contributed by atoms with Crippen molar-refractivity contribution in [1.82, 2.24) is 14.5 Å². The third-order valence-electron chi connectivity index (χ3n) is 5.59. The van der Waals surface area contributed by atoms with Gasteiger partial charge in [0.15, 0.2) is 5.69 Å². The molecule has 0 radical (unpaired) electrons. The number of carbonyl (C=O) groups is 1. The summed E-state index contributed by atoms with van der Waals surface area (Å²) >= 11 is 0. The average molecular weight is 466 g/mol. The maximum Gasteiger partial charge on any atom is 0.330 e. The summed E-state index contributed by atoms with van der Waals surface area (Å²) in [6, 6.07) is 17.2. The van der Waals surface area contributed by atoms with E-state index >= 15 is 0 Å². The lowest BCUT2D eigenvalue weighted by Gasteiger charge is -2.27. The monoisotopic (exact) mass is 465 g/mol. The van der Waals surface area contributed by atoms with Gasteiger partial charge in [-0.2, -0.15) is 0 Å². The number of hydrogen-bond acceptors (Lipinski definition) is 6. The van der Waals surface area contributed by atoms with Crippen molar-refractivity contribution >= 4 is 17.4 Å². The Bertz CT molecular complexity index is 1240. The van der Waals surface area contributed by atoms with E-state index in [0.29, 0.717) is 6.54 Å². The predicted molar refractivity (Wildman–Crippen MR) is 133 cm³/mol. The molecule has 0 saturated carbocycles. The highest BCUT2D eigenvalue weighted by atomic mass is 16.5. The van der Waals surface area contributed by atoms with Crippen LogP contribution in [0.3, 0.4) is 0 Å². The van der Waals surface area contributed by atoms with E-state index < -0.39 is 11.2 Å². The number of hydrogen-bond donors (Lipinski definition) is 2. The zero-order valence-electron chi connectivity index (χ0n) is 19.8. The largest absolute Gasteiger partial charge is 0.383 e. The lowest BCUT2D eigenvalue weighted by Crippen LogP contribution is -2.45. The van der Waals surface area contributed by atoms with Crippen LogP contribution in [-0.4, -0.2) is 54.2 Å². The van der Waals surface area contributed by atoms with Crippen molar-refractivity contribution in [2.24, 2.45) is 0 Å². The second-order valence-electron chi connectivity index (χ2n) is 8.20. The molecule has 0 atom stereocenters. The van der Waals surface area contributed by atoms with E-state index in [4.69, 9.17) is 10.5 Å². The molecule has 0 bridgehead atoms. The quantitative estimate of drug-likeness (QED) is 0.470. The molecule has 0 unspecified atom stereocenters. The lowest BCUT2D eigenvalue weighted by molar-refractivity contribution is -0.119. The highest BCUT2D eigenvalue weighted by molar-refractivity contribution is 5.96. The summed E-state index contributed by atoms with van der Waals surface area (Å²) in [5.41, 5.74) is 7.99. The Balaban J connectivity index is 1.91. The van der Waals surface area contributed by atoms with E-state index in [0.717, 1.165) is 16.7 Å². The minimum Gasteiger partial charge on any atom is -0.383 e. The molecule has 3 aromatic rings. The summed E-state index contributed by atoms with van der Waals surface area (Å²) in [7, 11) is 3.35. The molecule has 0 saturated heterocycles. The van der Waals surface area contributed by atoms with E-state index in [1.54, 1.807) is 0 Å². The van der Waals surface area contributed by atoms with Crippen LogP contribution in [0, 0.1) is 6.92 Å². The van der Waals surface area contributed by atoms with Gasteiger partial charge in [0.2, 0.25) is 5.91 Å². The highest BCUT2D eigenvalue weighted by Crippen LogP contribution is 2.18. The van der Waals surface area contributed by atoms with Crippen LogP contribution >= 0.6 is 0 Å². The number of methoxy groups -OCH3 is 1. The van der Waals surface area contributed by atoms with Gasteiger partial charge in [-0.15, -0.1) is 0 Å². The Morgan fingerprint density at radius 1 is 1.09 bits per heavy atom. The summed E-state index contributed by atoms with van der Waals surface area (Å²) in [5, 5.41) is 0. The number of benzene rings is 2. The van der Waals surface area contributed by atoms with Crippen LogP contribution in [0.4, 0.5) is 11.5 Å². The fraction of sp³-hybridized carbons (Fsp3) is 0.320. The molecule has 0 spiro atoms. The summed E-state index contributed by atoms with van der Waals surface area (Å²) in [5.74, 6) is -0.390. The number of amides is 1. The highest BCUT2D eigenvalue weighted by Gasteiger charge is 2.25. The molecule has 0 fully saturated rings. The predicted octanol–water partition coefficient (Wildman–Crippen LogP) is 1.59. The van der Waals surface area contributed by atoms with Crippen LogP contribution in [0.5, 0.6) is 0 Å². The van der Waals surface area contributed by atoms with Crippen molar-refractivity contribution < 1.29 is 9.53 Å². The zero-order valence-corrected chi connectivity index (χ0v) is 19.8. The summed E-state index contributed by atoms with van der Waals surface area (Å²) in [6.45, 7) is 3.11. The molecule has 2 aromatic carbocycles. The first-order chi connectivity index (χ1) is 16.3. The van der Waals surface area contributed by atoms with Crippen LogP contribution in [0.15, 0.2) is 64.2 Å². The van der Waals surface area contributed by atoms with Gasteiger partial charge in [-0.25, -0.2) is 4.79 Å². The standard InChI is InChI=1S/C25H31N5O4/c1-18-9-7-8-12-20(18)16-28(2)17-21(31)29(13-14-34-3)22-23(26)30(25(33)27-24(22)32)15-19-10-5-4-6-11-19/h4-12H,13-17,26H2,1-3H3,(H,27,32,33). The molecule has 34 heavy (non-hydrogen) atoms. The number of carbonyl (C=O) groups excluding carboxylic acids is 1. The maximum absolute atomic E-state index is 13.3. The number of anilines is 2. The first kappa shape index (κ1) is 24.9. The Labute approximate surface area is 198 Å². The minimum atomic E-state index is -0.710. The van der Waals surface area contributed by atoms with Gasteiger partial charge in [0, 0.05) is 20.2 Å². The molecule has 9 nitrogen and oxygen atoms in total. The average Bonchev–Trinajstić information content (AvgIpc) is 2.80. The smallest absolute Gasteiger partial charge is 0.330 e. The first-order valence-electron chi connectivity index (χ1n) is 11.0. The third kappa shape index (κ3) is 6.00. The molecule has 0 aliphatic heterocycles. The van der Waals surface area contributed by atoms with Gasteiger partial charge in [0.05, 0.1) is 19.7 Å². The number of aromatic nitrogens is 2. The van der Waals surface area contributed by atoms with Gasteiger partial charge in [-0.3, -0.25) is 24.0 Å². The van der Waals surface area contributed by atoms with Crippen LogP contribution in [0.2, 0.25) is 0 Å². The van der Waals surface area contributed by atoms with E-state index in [2.05, 4.69) is 4.98 Å². The second-order valence-corrected chi connectivity index (χ2v) is 8.20. The first-order valence-corrected chi connectivity index (χ1v) is 11.0. The molecule has 1 aromatic heterocycles. The molecular weight excluding hydrogens is 434 g/mol. The second kappa shape index (κ2) is 11.4. The van der Waals surface area contributed by atoms with Crippen molar-refractivity contribution in [2.45, 2.75) is 20.0 Å². The molecular formula is C25H31N5O4. The number of ether oxygens (including phenoxy) is 1. The number of nitrogens with one attached hydrogen (secondary N) is 1. The lowest BCUT2D eigenvalue weighted by atomic mass is 10.1. The Morgan fingerprint density at radius 2 is 1.76 bits per heavy atom. The number of nitrogens with zero attached hydrogens (tertiary/aromatic N) is 3. The Hall–Kier alpha value is -3.69. The molecule has 0 aliphatic carbocycles. The Kier molecular flexibility index (Phi) is 8.39. The molecule has 3 N–H and O–H groups in total. The van der Waals surface area contributed by atoms with Gasteiger partial charge in [-0.1, -0.05) is 54.6 Å². The van der Waals surface area contributed by atoms with Crippen LogP contribution < -0.4 is 21.9 Å². The van der Waals surface area contributed by atoms with Crippen molar-refractivity contribution in [1.29, 1.82) is 0 Å². The van der Waals surface area contributed by atoms with Crippen LogP contribution in [-0.2, 0) is 22.6 Å². The van der Waals surface area contributed by atoms with Gasteiger partial charge < -0.3 is 15.4 Å². The van der Waals surface area contributed by atoms with E-state index in [1.807, 2.05) is 73.5 Å². The number of H-pyrrole nitrogens is 1. The minimum absolute atomic E-state index is 0.0503. The number of likely N-dealkylation sites (N-methyl/N-ethyl adjacent to an activating group) is 1. The van der Waals surface area contributed by atoms with Gasteiger partial charge in [0.1, 0.15) is 5.82 Å². The molecule has 0 aliphatic rings. The molecule has 3 rings (SSSR count). The summed E-state index contributed by atoms with van der Waals surface area (Å²) < 4.78 is 6.42. The number of nitrogens with two attached hydrogens (primary N) is 1. The normalized spacial score (nSPS) is 11.1. The van der Waals surface area contributed by atoms with Gasteiger partial charge >= 0.3 is 5.69 Å². The van der Waals surface area contributed by atoms with E-state index in [9.17, 15) is 14.4 Å². The van der Waals surface area contributed by atoms with Crippen molar-refractivity contribution in [3.05, 3.63) is 92.1 Å². The number of rotatable bonds is 10. The fourth-order valence-electron chi connectivity index (χ4n) is 3.76. The molecule has 1 heterocycles. The van der Waals surface area contributed by atoms with Crippen molar-refractivity contribution in [3.63, 3.8) is 0 Å². The fourth-order valence-corrected chi connectivity index (χ4v) is 3.76. The van der Waals surface area contributed by atoms with Crippen molar-refractivity contribution in [2.75, 3.05) is 44.5 Å². The number of aryl methyl sites for hydroxylation is 1.